The monoisotopic (exact) mass is 419 g/mol. The van der Waals surface area contributed by atoms with E-state index in [0.29, 0.717) is 0 Å². The van der Waals surface area contributed by atoms with E-state index >= 15 is 0 Å². The van der Waals surface area contributed by atoms with Gasteiger partial charge in [0.05, 0.1) is 0 Å². The summed E-state index contributed by atoms with van der Waals surface area (Å²) in [5, 5.41) is 0. The number of anilines is 1. The summed E-state index contributed by atoms with van der Waals surface area (Å²) < 4.78 is 6.01. The van der Waals surface area contributed by atoms with Gasteiger partial charge >= 0.3 is 0 Å². The van der Waals surface area contributed by atoms with Crippen molar-refractivity contribution in [2.24, 2.45) is 11.8 Å². The van der Waals surface area contributed by atoms with E-state index in [0.717, 1.165) is 62.8 Å². The van der Waals surface area contributed by atoms with Crippen LogP contribution in [-0.4, -0.2) is 69.3 Å². The highest BCUT2D eigenvalue weighted by molar-refractivity contribution is 5.49. The molecule has 4 nitrogen and oxygen atoms in total. The molecule has 0 bridgehead atoms. The Balaban J connectivity index is 0.945. The SMILES string of the molecule is CN1CCN(c2ccc(OCCN3CC(CC[C@@H]4C[C@H]4c4ccccc4)C3)cc2)CC1. The lowest BCUT2D eigenvalue weighted by Crippen LogP contribution is -2.48. The number of rotatable bonds is 9. The number of hydrogen-bond acceptors (Lipinski definition) is 4. The lowest BCUT2D eigenvalue weighted by molar-refractivity contribution is 0.0754. The summed E-state index contributed by atoms with van der Waals surface area (Å²) in [6.07, 6.45) is 4.22. The maximum absolute atomic E-state index is 6.01. The van der Waals surface area contributed by atoms with Gasteiger partial charge in [0.25, 0.3) is 0 Å². The Morgan fingerprint density at radius 2 is 1.61 bits per heavy atom. The minimum absolute atomic E-state index is 0.791. The number of piperazine rings is 1. The highest BCUT2D eigenvalue weighted by atomic mass is 16.5. The van der Waals surface area contributed by atoms with Crippen LogP contribution in [0.3, 0.4) is 0 Å². The molecule has 2 heterocycles. The maximum atomic E-state index is 6.01. The molecule has 0 spiro atoms. The van der Waals surface area contributed by atoms with Crippen LogP contribution in [0.25, 0.3) is 0 Å². The van der Waals surface area contributed by atoms with Crippen molar-refractivity contribution in [1.82, 2.24) is 9.80 Å². The van der Waals surface area contributed by atoms with Crippen LogP contribution >= 0.6 is 0 Å². The molecule has 31 heavy (non-hydrogen) atoms. The molecule has 2 aromatic rings. The molecule has 5 rings (SSSR count). The standard InChI is InChI=1S/C27H37N3O/c1-28-13-15-30(16-14-28)25-9-11-26(12-10-25)31-18-17-29-20-22(21-29)7-8-24-19-27(24)23-5-3-2-4-6-23/h2-6,9-12,22,24,27H,7-8,13-21H2,1H3/t24-,27+/m1/s1. The molecular weight excluding hydrogens is 382 g/mol. The number of nitrogens with zero attached hydrogens (tertiary/aromatic N) is 3. The van der Waals surface area contributed by atoms with E-state index in [1.54, 1.807) is 5.56 Å². The van der Waals surface area contributed by atoms with Crippen LogP contribution in [0.15, 0.2) is 54.6 Å². The van der Waals surface area contributed by atoms with Gasteiger partial charge < -0.3 is 14.5 Å². The van der Waals surface area contributed by atoms with Crippen molar-refractivity contribution >= 4 is 5.69 Å². The van der Waals surface area contributed by atoms with Gasteiger partial charge in [0.1, 0.15) is 12.4 Å². The molecular formula is C27H37N3O. The van der Waals surface area contributed by atoms with Gasteiger partial charge in [0.15, 0.2) is 0 Å². The Bertz CT molecular complexity index is 810. The molecule has 0 unspecified atom stereocenters. The van der Waals surface area contributed by atoms with Crippen molar-refractivity contribution in [3.05, 3.63) is 60.2 Å². The zero-order valence-electron chi connectivity index (χ0n) is 19.0. The molecule has 3 aliphatic rings. The van der Waals surface area contributed by atoms with Gasteiger partial charge in [-0.2, -0.15) is 0 Å². The van der Waals surface area contributed by atoms with Gasteiger partial charge in [0.2, 0.25) is 0 Å². The molecule has 2 atom stereocenters. The zero-order valence-corrected chi connectivity index (χ0v) is 19.0. The van der Waals surface area contributed by atoms with Crippen LogP contribution in [-0.2, 0) is 0 Å². The van der Waals surface area contributed by atoms with Crippen molar-refractivity contribution < 1.29 is 4.74 Å². The first-order valence-electron chi connectivity index (χ1n) is 12.2. The average Bonchev–Trinajstić information content (AvgIpc) is 3.56. The van der Waals surface area contributed by atoms with E-state index in [-0.39, 0.29) is 0 Å². The first-order valence-corrected chi connectivity index (χ1v) is 12.2. The summed E-state index contributed by atoms with van der Waals surface area (Å²) in [4.78, 5) is 7.40. The highest BCUT2D eigenvalue weighted by Crippen LogP contribution is 2.50. The first kappa shape index (κ1) is 20.8. The molecule has 3 fully saturated rings. The van der Waals surface area contributed by atoms with Gasteiger partial charge in [-0.25, -0.2) is 0 Å². The van der Waals surface area contributed by atoms with Crippen molar-refractivity contribution in [1.29, 1.82) is 0 Å². The third kappa shape index (κ3) is 5.42. The Kier molecular flexibility index (Phi) is 6.47. The van der Waals surface area contributed by atoms with Crippen LogP contribution in [0, 0.1) is 11.8 Å². The van der Waals surface area contributed by atoms with E-state index in [9.17, 15) is 0 Å². The average molecular weight is 420 g/mol. The summed E-state index contributed by atoms with van der Waals surface area (Å²) in [7, 11) is 2.20. The predicted octanol–water partition coefficient (Wildman–Crippen LogP) is 4.33. The van der Waals surface area contributed by atoms with Crippen molar-refractivity contribution in [3.8, 4) is 5.75 Å². The summed E-state index contributed by atoms with van der Waals surface area (Å²) in [5.74, 6) is 3.68. The lowest BCUT2D eigenvalue weighted by atomic mass is 9.93. The Hall–Kier alpha value is -2.04. The summed E-state index contributed by atoms with van der Waals surface area (Å²) in [6, 6.07) is 19.8. The fourth-order valence-corrected chi connectivity index (χ4v) is 5.28. The van der Waals surface area contributed by atoms with Crippen LogP contribution in [0.5, 0.6) is 5.75 Å². The van der Waals surface area contributed by atoms with Crippen molar-refractivity contribution in [2.75, 3.05) is 64.4 Å². The van der Waals surface area contributed by atoms with Crippen molar-refractivity contribution in [3.63, 3.8) is 0 Å². The lowest BCUT2D eigenvalue weighted by Gasteiger charge is -2.39. The summed E-state index contributed by atoms with van der Waals surface area (Å²) in [6.45, 7) is 8.86. The van der Waals surface area contributed by atoms with Gasteiger partial charge in [0, 0.05) is 51.5 Å². The quantitative estimate of drug-likeness (QED) is 0.602. The normalized spacial score (nSPS) is 24.7. The second-order valence-corrected chi connectivity index (χ2v) is 9.85. The highest BCUT2D eigenvalue weighted by Gasteiger charge is 2.38. The van der Waals surface area contributed by atoms with E-state index in [4.69, 9.17) is 4.74 Å². The van der Waals surface area contributed by atoms with E-state index in [1.807, 2.05) is 0 Å². The number of likely N-dealkylation sites (tertiary alicyclic amines) is 1. The van der Waals surface area contributed by atoms with Gasteiger partial charge in [-0.05, 0) is 73.9 Å². The van der Waals surface area contributed by atoms with Crippen molar-refractivity contribution in [2.45, 2.75) is 25.2 Å². The molecule has 0 N–H and O–H groups in total. The molecule has 0 aromatic heterocycles. The molecule has 0 amide bonds. The third-order valence-electron chi connectivity index (χ3n) is 7.51. The first-order chi connectivity index (χ1) is 15.2. The predicted molar refractivity (Wildman–Crippen MR) is 128 cm³/mol. The van der Waals surface area contributed by atoms with E-state index < -0.39 is 0 Å². The summed E-state index contributed by atoms with van der Waals surface area (Å²) >= 11 is 0. The Morgan fingerprint density at radius 3 is 2.35 bits per heavy atom. The van der Waals surface area contributed by atoms with E-state index in [2.05, 4.69) is 76.3 Å². The number of ether oxygens (including phenoxy) is 1. The fraction of sp³-hybridized carbons (Fsp3) is 0.556. The molecule has 4 heteroatoms. The number of likely N-dealkylation sites (N-methyl/N-ethyl adjacent to an activating group) is 1. The van der Waals surface area contributed by atoms with E-state index in [1.165, 1.54) is 38.0 Å². The van der Waals surface area contributed by atoms with Crippen LogP contribution in [0.2, 0.25) is 0 Å². The number of benzene rings is 2. The molecule has 2 aliphatic heterocycles. The second-order valence-electron chi connectivity index (χ2n) is 9.85. The van der Waals surface area contributed by atoms with Gasteiger partial charge in [-0.15, -0.1) is 0 Å². The molecule has 2 aromatic carbocycles. The molecule has 1 saturated carbocycles. The third-order valence-corrected chi connectivity index (χ3v) is 7.51. The van der Waals surface area contributed by atoms with Crippen LogP contribution in [0.1, 0.15) is 30.7 Å². The summed E-state index contributed by atoms with van der Waals surface area (Å²) in [5.41, 5.74) is 2.87. The topological polar surface area (TPSA) is 19.0 Å². The molecule has 2 saturated heterocycles. The Morgan fingerprint density at radius 1 is 0.871 bits per heavy atom. The fourth-order valence-electron chi connectivity index (χ4n) is 5.28. The van der Waals surface area contributed by atoms with Gasteiger partial charge in [-0.3, -0.25) is 4.90 Å². The maximum Gasteiger partial charge on any atom is 0.119 e. The largest absolute Gasteiger partial charge is 0.492 e. The smallest absolute Gasteiger partial charge is 0.119 e. The van der Waals surface area contributed by atoms with Gasteiger partial charge in [-0.1, -0.05) is 30.3 Å². The molecule has 1 aliphatic carbocycles. The minimum Gasteiger partial charge on any atom is -0.492 e. The minimum atomic E-state index is 0.791. The van der Waals surface area contributed by atoms with Crippen LogP contribution < -0.4 is 9.64 Å². The number of hydrogen-bond donors (Lipinski definition) is 0. The zero-order chi connectivity index (χ0) is 21.0. The van der Waals surface area contributed by atoms with Crippen LogP contribution in [0.4, 0.5) is 5.69 Å². The molecule has 166 valence electrons. The Labute approximate surface area is 187 Å². The second kappa shape index (κ2) is 9.62. The molecule has 0 radical (unpaired) electrons.